The van der Waals surface area contributed by atoms with E-state index in [0.717, 1.165) is 5.57 Å². The van der Waals surface area contributed by atoms with Gasteiger partial charge in [0.15, 0.2) is 0 Å². The Kier molecular flexibility index (Phi) is 2.49. The first-order chi connectivity index (χ1) is 5.29. The molecular formula is C8H9N3. The molecule has 0 N–H and O–H groups in total. The molecule has 0 aromatic heterocycles. The van der Waals surface area contributed by atoms with Gasteiger partial charge in [-0.3, -0.25) is 0 Å². The molecule has 1 aliphatic rings. The fourth-order valence-corrected chi connectivity index (χ4v) is 0.552. The molecule has 0 aromatic rings. The van der Waals surface area contributed by atoms with Crippen LogP contribution >= 0.6 is 0 Å². The molecule has 3 heteroatoms. The monoisotopic (exact) mass is 147 g/mol. The van der Waals surface area contributed by atoms with E-state index in [4.69, 9.17) is 0 Å². The van der Waals surface area contributed by atoms with Crippen molar-refractivity contribution in [3.05, 3.63) is 24.0 Å². The van der Waals surface area contributed by atoms with Crippen LogP contribution in [0.3, 0.4) is 0 Å². The highest BCUT2D eigenvalue weighted by Gasteiger charge is 1.85. The van der Waals surface area contributed by atoms with E-state index in [-0.39, 0.29) is 0 Å². The molecule has 11 heavy (non-hydrogen) atoms. The molecule has 0 amide bonds. The third kappa shape index (κ3) is 2.71. The topological polar surface area (TPSA) is 37.1 Å². The number of aliphatic imine (C=N–C) groups is 3. The smallest absolute Gasteiger partial charge is 0.146 e. The summed E-state index contributed by atoms with van der Waals surface area (Å²) in [5, 5.41) is 0. The molecule has 56 valence electrons. The van der Waals surface area contributed by atoms with Gasteiger partial charge in [-0.15, -0.1) is 0 Å². The molecule has 0 spiro atoms. The first-order valence-corrected chi connectivity index (χ1v) is 3.24. The SMILES string of the molecule is C=C1N=CN=C/C=C(\C)C=N1. The lowest BCUT2D eigenvalue weighted by atomic mass is 10.3. The van der Waals surface area contributed by atoms with Crippen LogP contribution in [0.1, 0.15) is 6.92 Å². The van der Waals surface area contributed by atoms with E-state index < -0.39 is 0 Å². The van der Waals surface area contributed by atoms with Crippen molar-refractivity contribution in [1.82, 2.24) is 0 Å². The summed E-state index contributed by atoms with van der Waals surface area (Å²) in [5.41, 5.74) is 1.03. The van der Waals surface area contributed by atoms with Crippen LogP contribution in [0.25, 0.3) is 0 Å². The van der Waals surface area contributed by atoms with Crippen LogP contribution in [0, 0.1) is 0 Å². The molecule has 0 saturated heterocycles. The van der Waals surface area contributed by atoms with Gasteiger partial charge in [-0.25, -0.2) is 15.0 Å². The summed E-state index contributed by atoms with van der Waals surface area (Å²) in [6.45, 7) is 5.53. The van der Waals surface area contributed by atoms with Crippen molar-refractivity contribution in [2.24, 2.45) is 15.0 Å². The normalized spacial score (nSPS) is 21.9. The van der Waals surface area contributed by atoms with Crippen molar-refractivity contribution < 1.29 is 0 Å². The van der Waals surface area contributed by atoms with Crippen molar-refractivity contribution in [3.63, 3.8) is 0 Å². The van der Waals surface area contributed by atoms with Crippen molar-refractivity contribution in [2.45, 2.75) is 6.92 Å². The summed E-state index contributed by atoms with van der Waals surface area (Å²) < 4.78 is 0. The standard InChI is InChI=1S/C8H9N3/c1-7-3-4-9-6-11-8(2)10-5-7/h3-6H,2H2,1H3/b7-3+,9-4?,10-5?,11-6?. The second-order valence-corrected chi connectivity index (χ2v) is 2.13. The van der Waals surface area contributed by atoms with Gasteiger partial charge in [0.1, 0.15) is 12.2 Å². The average Bonchev–Trinajstić information content (AvgIpc) is 2.06. The minimum absolute atomic E-state index is 0.469. The third-order valence-corrected chi connectivity index (χ3v) is 1.11. The van der Waals surface area contributed by atoms with Crippen LogP contribution < -0.4 is 0 Å². The number of hydrogen-bond acceptors (Lipinski definition) is 3. The molecule has 0 bridgehead atoms. The highest BCUT2D eigenvalue weighted by Crippen LogP contribution is 1.96. The van der Waals surface area contributed by atoms with Gasteiger partial charge in [-0.2, -0.15) is 0 Å². The highest BCUT2D eigenvalue weighted by molar-refractivity contribution is 5.89. The van der Waals surface area contributed by atoms with Gasteiger partial charge in [0.05, 0.1) is 0 Å². The first kappa shape index (κ1) is 7.60. The minimum atomic E-state index is 0.469. The summed E-state index contributed by atoms with van der Waals surface area (Å²) >= 11 is 0. The molecule has 0 aromatic carbocycles. The van der Waals surface area contributed by atoms with Gasteiger partial charge < -0.3 is 0 Å². The summed E-state index contributed by atoms with van der Waals surface area (Å²) in [6, 6.07) is 0. The van der Waals surface area contributed by atoms with Crippen molar-refractivity contribution in [2.75, 3.05) is 0 Å². The maximum absolute atomic E-state index is 3.96. The Morgan fingerprint density at radius 2 is 2.18 bits per heavy atom. The second-order valence-electron chi connectivity index (χ2n) is 2.13. The predicted octanol–water partition coefficient (Wildman–Crippen LogP) is 1.59. The maximum Gasteiger partial charge on any atom is 0.146 e. The second kappa shape index (κ2) is 3.61. The van der Waals surface area contributed by atoms with Gasteiger partial charge >= 0.3 is 0 Å². The van der Waals surface area contributed by atoms with E-state index in [0.29, 0.717) is 5.82 Å². The summed E-state index contributed by atoms with van der Waals surface area (Å²) in [4.78, 5) is 11.6. The molecule has 1 heterocycles. The molecular weight excluding hydrogens is 138 g/mol. The number of rotatable bonds is 0. The molecule has 0 radical (unpaired) electrons. The Morgan fingerprint density at radius 1 is 1.36 bits per heavy atom. The fourth-order valence-electron chi connectivity index (χ4n) is 0.552. The Morgan fingerprint density at radius 3 is 3.00 bits per heavy atom. The Balaban J connectivity index is 2.89. The lowest BCUT2D eigenvalue weighted by Crippen LogP contribution is -1.77. The maximum atomic E-state index is 3.96. The summed E-state index contributed by atoms with van der Waals surface area (Å²) in [7, 11) is 0. The fraction of sp³-hybridized carbons (Fsp3) is 0.125. The first-order valence-electron chi connectivity index (χ1n) is 3.24. The van der Waals surface area contributed by atoms with Gasteiger partial charge in [-0.05, 0) is 18.6 Å². The summed E-state index contributed by atoms with van der Waals surface area (Å²) in [5.74, 6) is 0.469. The van der Waals surface area contributed by atoms with Gasteiger partial charge in [-0.1, -0.05) is 6.58 Å². The molecule has 1 aliphatic heterocycles. The van der Waals surface area contributed by atoms with E-state index in [1.165, 1.54) is 6.34 Å². The average molecular weight is 147 g/mol. The molecule has 1 rings (SSSR count). The molecule has 3 nitrogen and oxygen atoms in total. The molecule has 0 aliphatic carbocycles. The Bertz CT molecular complexity index is 269. The molecule has 0 saturated carbocycles. The molecule has 0 fully saturated rings. The van der Waals surface area contributed by atoms with E-state index in [1.807, 2.05) is 13.0 Å². The number of hydrogen-bond donors (Lipinski definition) is 0. The zero-order chi connectivity index (χ0) is 8.10. The van der Waals surface area contributed by atoms with Crippen LogP contribution in [0.2, 0.25) is 0 Å². The lowest BCUT2D eigenvalue weighted by molar-refractivity contribution is 1.27. The predicted molar refractivity (Wildman–Crippen MR) is 48.4 cm³/mol. The largest absolute Gasteiger partial charge is 0.245 e. The number of nitrogens with zero attached hydrogens (tertiary/aromatic N) is 3. The Labute approximate surface area is 65.6 Å². The van der Waals surface area contributed by atoms with Crippen LogP contribution in [0.15, 0.2) is 39.0 Å². The third-order valence-electron chi connectivity index (χ3n) is 1.11. The van der Waals surface area contributed by atoms with Crippen LogP contribution in [0.5, 0.6) is 0 Å². The highest BCUT2D eigenvalue weighted by atomic mass is 15.0. The van der Waals surface area contributed by atoms with E-state index in [2.05, 4.69) is 21.6 Å². The summed E-state index contributed by atoms with van der Waals surface area (Å²) in [6.07, 6.45) is 6.66. The zero-order valence-electron chi connectivity index (χ0n) is 6.36. The van der Waals surface area contributed by atoms with Crippen LogP contribution in [-0.4, -0.2) is 18.8 Å². The van der Waals surface area contributed by atoms with Gasteiger partial charge in [0, 0.05) is 12.4 Å². The van der Waals surface area contributed by atoms with Gasteiger partial charge in [0.25, 0.3) is 0 Å². The minimum Gasteiger partial charge on any atom is -0.245 e. The quantitative estimate of drug-likeness (QED) is 0.499. The van der Waals surface area contributed by atoms with E-state index in [1.54, 1.807) is 12.4 Å². The van der Waals surface area contributed by atoms with Crippen LogP contribution in [0.4, 0.5) is 0 Å². The van der Waals surface area contributed by atoms with Crippen molar-refractivity contribution >= 4 is 18.8 Å². The van der Waals surface area contributed by atoms with Gasteiger partial charge in [0.2, 0.25) is 0 Å². The molecule has 0 unspecified atom stereocenters. The zero-order valence-corrected chi connectivity index (χ0v) is 6.36. The van der Waals surface area contributed by atoms with E-state index in [9.17, 15) is 0 Å². The molecule has 0 atom stereocenters. The van der Waals surface area contributed by atoms with E-state index >= 15 is 0 Å². The lowest BCUT2D eigenvalue weighted by Gasteiger charge is -1.86. The van der Waals surface area contributed by atoms with Crippen molar-refractivity contribution in [3.8, 4) is 0 Å². The van der Waals surface area contributed by atoms with Crippen LogP contribution in [-0.2, 0) is 0 Å². The Hall–Kier alpha value is -1.51. The number of allylic oxidation sites excluding steroid dienone is 2. The van der Waals surface area contributed by atoms with Crippen molar-refractivity contribution in [1.29, 1.82) is 0 Å².